The van der Waals surface area contributed by atoms with E-state index in [1.54, 1.807) is 24.4 Å². The zero-order valence-corrected chi connectivity index (χ0v) is 14.2. The lowest BCUT2D eigenvalue weighted by Gasteiger charge is -2.07. The second-order valence-electron chi connectivity index (χ2n) is 5.39. The molecule has 132 valence electrons. The van der Waals surface area contributed by atoms with E-state index in [1.807, 2.05) is 13.0 Å². The molecule has 6 nitrogen and oxygen atoms in total. The number of aromatic nitrogens is 1. The van der Waals surface area contributed by atoms with Crippen molar-refractivity contribution in [3.8, 4) is 6.07 Å². The first-order valence-corrected chi connectivity index (χ1v) is 7.93. The Morgan fingerprint density at radius 1 is 1.38 bits per heavy atom. The number of nitriles is 1. The molecule has 0 atom stereocenters. The standard InChI is InChI=1S/C19H18FN5O/c1-2-23-12-16(10-22)19(26)25-18-4-3-13(11-24-18)5-14-6-15(9-21)8-17(20)7-14/h3-4,6-8,10-12H,2,5,22H2,1H3,(H,24,25,26)/b16-10+,23-12?. The number of halogens is 1. The van der Waals surface area contributed by atoms with Crippen LogP contribution in [0.4, 0.5) is 10.2 Å². The molecule has 1 aromatic heterocycles. The molecule has 0 saturated heterocycles. The molecule has 1 amide bonds. The van der Waals surface area contributed by atoms with Gasteiger partial charge >= 0.3 is 0 Å². The number of pyridine rings is 1. The highest BCUT2D eigenvalue weighted by atomic mass is 19.1. The van der Waals surface area contributed by atoms with Crippen molar-refractivity contribution in [2.45, 2.75) is 13.3 Å². The first-order chi connectivity index (χ1) is 12.5. The summed E-state index contributed by atoms with van der Waals surface area (Å²) in [7, 11) is 0. The molecule has 0 saturated carbocycles. The first-order valence-electron chi connectivity index (χ1n) is 7.93. The summed E-state index contributed by atoms with van der Waals surface area (Å²) in [4.78, 5) is 20.2. The predicted octanol–water partition coefficient (Wildman–Crippen LogP) is 2.55. The van der Waals surface area contributed by atoms with E-state index in [9.17, 15) is 9.18 Å². The summed E-state index contributed by atoms with van der Waals surface area (Å²) in [5.41, 5.74) is 7.42. The van der Waals surface area contributed by atoms with Crippen molar-refractivity contribution in [2.75, 3.05) is 11.9 Å². The molecule has 7 heteroatoms. The van der Waals surface area contributed by atoms with Gasteiger partial charge in [-0.15, -0.1) is 0 Å². The van der Waals surface area contributed by atoms with Crippen molar-refractivity contribution < 1.29 is 9.18 Å². The van der Waals surface area contributed by atoms with Gasteiger partial charge in [0.2, 0.25) is 0 Å². The van der Waals surface area contributed by atoms with Crippen molar-refractivity contribution in [1.82, 2.24) is 4.98 Å². The molecule has 3 N–H and O–H groups in total. The van der Waals surface area contributed by atoms with Crippen molar-refractivity contribution >= 4 is 17.9 Å². The van der Waals surface area contributed by atoms with E-state index in [0.29, 0.717) is 24.3 Å². The van der Waals surface area contributed by atoms with Crippen LogP contribution in [0.15, 0.2) is 53.3 Å². The normalized spacial score (nSPS) is 11.3. The van der Waals surface area contributed by atoms with Gasteiger partial charge in [0, 0.05) is 25.2 Å². The second-order valence-corrected chi connectivity index (χ2v) is 5.39. The minimum Gasteiger partial charge on any atom is -0.404 e. The molecule has 2 aromatic rings. The first kappa shape index (κ1) is 18.8. The van der Waals surface area contributed by atoms with Gasteiger partial charge < -0.3 is 11.1 Å². The quantitative estimate of drug-likeness (QED) is 0.616. The van der Waals surface area contributed by atoms with Gasteiger partial charge in [0.05, 0.1) is 17.2 Å². The molecular formula is C19H18FN5O. The molecule has 0 aliphatic rings. The fourth-order valence-electron chi connectivity index (χ4n) is 2.21. The van der Waals surface area contributed by atoms with E-state index in [-0.39, 0.29) is 11.1 Å². The fraction of sp³-hybridized carbons (Fsp3) is 0.158. The highest BCUT2D eigenvalue weighted by Gasteiger charge is 2.08. The van der Waals surface area contributed by atoms with Crippen LogP contribution in [0.1, 0.15) is 23.6 Å². The highest BCUT2D eigenvalue weighted by molar-refractivity contribution is 6.17. The molecule has 1 heterocycles. The number of rotatable bonds is 6. The van der Waals surface area contributed by atoms with Crippen LogP contribution in [0, 0.1) is 17.1 Å². The number of carbonyl (C=O) groups excluding carboxylic acids is 1. The molecule has 1 aromatic carbocycles. The molecule has 0 bridgehead atoms. The second kappa shape index (κ2) is 9.08. The summed E-state index contributed by atoms with van der Waals surface area (Å²) in [6.07, 6.45) is 4.59. The van der Waals surface area contributed by atoms with Gasteiger partial charge in [-0.25, -0.2) is 9.37 Å². The Labute approximate surface area is 150 Å². The molecule has 0 aliphatic heterocycles. The number of hydrogen-bond acceptors (Lipinski definition) is 5. The zero-order chi connectivity index (χ0) is 18.9. The number of anilines is 1. The van der Waals surface area contributed by atoms with Gasteiger partial charge in [-0.2, -0.15) is 5.26 Å². The van der Waals surface area contributed by atoms with Crippen LogP contribution < -0.4 is 11.1 Å². The van der Waals surface area contributed by atoms with Crippen molar-refractivity contribution in [1.29, 1.82) is 5.26 Å². The lowest BCUT2D eigenvalue weighted by atomic mass is 10.0. The number of carbonyl (C=O) groups is 1. The number of nitrogens with zero attached hydrogens (tertiary/aromatic N) is 3. The molecule has 26 heavy (non-hydrogen) atoms. The smallest absolute Gasteiger partial charge is 0.259 e. The van der Waals surface area contributed by atoms with Crippen LogP contribution in [0.25, 0.3) is 0 Å². The monoisotopic (exact) mass is 351 g/mol. The zero-order valence-electron chi connectivity index (χ0n) is 14.2. The van der Waals surface area contributed by atoms with Crippen LogP contribution in [-0.4, -0.2) is 23.7 Å². The summed E-state index contributed by atoms with van der Waals surface area (Å²) in [6, 6.07) is 9.53. The topological polar surface area (TPSA) is 104 Å². The maximum absolute atomic E-state index is 13.5. The minimum absolute atomic E-state index is 0.238. The Kier molecular flexibility index (Phi) is 6.57. The molecule has 0 radical (unpaired) electrons. The van der Waals surface area contributed by atoms with Crippen LogP contribution in [0.5, 0.6) is 0 Å². The lowest BCUT2D eigenvalue weighted by Crippen LogP contribution is -2.17. The number of nitrogens with one attached hydrogen (secondary N) is 1. The summed E-state index contributed by atoms with van der Waals surface area (Å²) >= 11 is 0. The van der Waals surface area contributed by atoms with E-state index in [4.69, 9.17) is 11.0 Å². The summed E-state index contributed by atoms with van der Waals surface area (Å²) < 4.78 is 13.5. The Hall–Kier alpha value is -3.53. The SMILES string of the molecule is CCN=C/C(=C\N)C(=O)Nc1ccc(Cc2cc(F)cc(C#N)c2)cn1. The molecule has 0 aliphatic carbocycles. The number of nitrogens with two attached hydrogens (primary N) is 1. The maximum atomic E-state index is 13.5. The average Bonchev–Trinajstić information content (AvgIpc) is 2.63. The van der Waals surface area contributed by atoms with E-state index in [0.717, 1.165) is 5.56 Å². The third-order valence-corrected chi connectivity index (χ3v) is 3.42. The molecule has 2 rings (SSSR count). The van der Waals surface area contributed by atoms with Crippen LogP contribution in [0.2, 0.25) is 0 Å². The van der Waals surface area contributed by atoms with E-state index >= 15 is 0 Å². The molecule has 0 spiro atoms. The van der Waals surface area contributed by atoms with Gasteiger partial charge in [0.25, 0.3) is 5.91 Å². The number of benzene rings is 1. The fourth-order valence-corrected chi connectivity index (χ4v) is 2.21. The minimum atomic E-state index is -0.453. The van der Waals surface area contributed by atoms with Gasteiger partial charge in [-0.1, -0.05) is 6.07 Å². The van der Waals surface area contributed by atoms with Crippen LogP contribution in [0.3, 0.4) is 0 Å². The van der Waals surface area contributed by atoms with Crippen molar-refractivity contribution in [3.05, 3.63) is 70.8 Å². The Bertz CT molecular complexity index is 882. The van der Waals surface area contributed by atoms with Gasteiger partial charge in [0.15, 0.2) is 0 Å². The van der Waals surface area contributed by atoms with Gasteiger partial charge in [-0.05, 0) is 48.7 Å². The third-order valence-electron chi connectivity index (χ3n) is 3.42. The molecule has 0 fully saturated rings. The average molecular weight is 351 g/mol. The van der Waals surface area contributed by atoms with E-state index in [2.05, 4.69) is 15.3 Å². The van der Waals surface area contributed by atoms with Gasteiger partial charge in [-0.3, -0.25) is 9.79 Å². The molecule has 0 unspecified atom stereocenters. The van der Waals surface area contributed by atoms with E-state index in [1.165, 1.54) is 24.5 Å². The molecular weight excluding hydrogens is 333 g/mol. The largest absolute Gasteiger partial charge is 0.404 e. The Balaban J connectivity index is 2.07. The van der Waals surface area contributed by atoms with Crippen molar-refractivity contribution in [2.24, 2.45) is 10.7 Å². The van der Waals surface area contributed by atoms with Crippen LogP contribution in [-0.2, 0) is 11.2 Å². The number of amides is 1. The van der Waals surface area contributed by atoms with Crippen LogP contribution >= 0.6 is 0 Å². The summed E-state index contributed by atoms with van der Waals surface area (Å²) in [5, 5.41) is 11.5. The predicted molar refractivity (Wildman–Crippen MR) is 98.1 cm³/mol. The summed E-state index contributed by atoms with van der Waals surface area (Å²) in [6.45, 7) is 2.40. The third kappa shape index (κ3) is 5.24. The number of hydrogen-bond donors (Lipinski definition) is 2. The van der Waals surface area contributed by atoms with Crippen molar-refractivity contribution in [3.63, 3.8) is 0 Å². The maximum Gasteiger partial charge on any atom is 0.259 e. The highest BCUT2D eigenvalue weighted by Crippen LogP contribution is 2.14. The van der Waals surface area contributed by atoms with Gasteiger partial charge in [0.1, 0.15) is 11.6 Å². The number of aliphatic imine (C=N–C) groups is 1. The Morgan fingerprint density at radius 2 is 2.19 bits per heavy atom. The van der Waals surface area contributed by atoms with E-state index < -0.39 is 11.7 Å². The lowest BCUT2D eigenvalue weighted by molar-refractivity contribution is -0.112. The Morgan fingerprint density at radius 3 is 2.81 bits per heavy atom. The summed E-state index contributed by atoms with van der Waals surface area (Å²) in [5.74, 6) is -0.501.